The largest absolute Gasteiger partial charge is 0.468 e. The zero-order valence-electron chi connectivity index (χ0n) is 11.9. The van der Waals surface area contributed by atoms with Crippen molar-refractivity contribution in [2.24, 2.45) is 0 Å². The molecule has 2 atom stereocenters. The standard InChI is InChI=1S/C15H24N2O2/c1-11-7-17(8-12(2)19-11)9-15-5-13(10-18-15)6-16-14-3-4-14/h5,10-12,14,16H,3-4,6-9H2,1-2H3/t11-,12+. The van der Waals surface area contributed by atoms with E-state index in [1.807, 2.05) is 6.26 Å². The number of nitrogens with zero attached hydrogens (tertiary/aromatic N) is 1. The molecule has 1 aromatic rings. The van der Waals surface area contributed by atoms with Crippen LogP contribution in [-0.2, 0) is 17.8 Å². The molecule has 4 heteroatoms. The minimum absolute atomic E-state index is 0.315. The van der Waals surface area contributed by atoms with Crippen molar-refractivity contribution in [2.75, 3.05) is 13.1 Å². The second-order valence-corrected chi connectivity index (χ2v) is 6.03. The van der Waals surface area contributed by atoms with Gasteiger partial charge < -0.3 is 14.5 Å². The first kappa shape index (κ1) is 13.2. The smallest absolute Gasteiger partial charge is 0.118 e. The maximum absolute atomic E-state index is 5.75. The molecule has 0 amide bonds. The third-order valence-electron chi connectivity index (χ3n) is 3.75. The molecule has 19 heavy (non-hydrogen) atoms. The zero-order chi connectivity index (χ0) is 13.2. The van der Waals surface area contributed by atoms with Crippen LogP contribution in [0.3, 0.4) is 0 Å². The molecule has 4 nitrogen and oxygen atoms in total. The Morgan fingerprint density at radius 1 is 1.26 bits per heavy atom. The van der Waals surface area contributed by atoms with Gasteiger partial charge in [0.15, 0.2) is 0 Å². The van der Waals surface area contributed by atoms with Crippen LogP contribution in [0.1, 0.15) is 38.0 Å². The summed E-state index contributed by atoms with van der Waals surface area (Å²) in [6.07, 6.45) is 5.17. The molecule has 0 bridgehead atoms. The molecule has 2 heterocycles. The van der Waals surface area contributed by atoms with Crippen molar-refractivity contribution in [3.05, 3.63) is 23.7 Å². The van der Waals surface area contributed by atoms with E-state index in [0.29, 0.717) is 12.2 Å². The summed E-state index contributed by atoms with van der Waals surface area (Å²) in [6, 6.07) is 2.93. The highest BCUT2D eigenvalue weighted by atomic mass is 16.5. The molecular formula is C15H24N2O2. The van der Waals surface area contributed by atoms with Gasteiger partial charge in [-0.25, -0.2) is 0 Å². The summed E-state index contributed by atoms with van der Waals surface area (Å²) < 4.78 is 11.4. The lowest BCUT2D eigenvalue weighted by molar-refractivity contribution is -0.0718. The summed E-state index contributed by atoms with van der Waals surface area (Å²) in [5.41, 5.74) is 1.26. The van der Waals surface area contributed by atoms with Gasteiger partial charge in [-0.1, -0.05) is 0 Å². The first-order valence-electron chi connectivity index (χ1n) is 7.36. The first-order valence-corrected chi connectivity index (χ1v) is 7.36. The second-order valence-electron chi connectivity index (χ2n) is 6.03. The summed E-state index contributed by atoms with van der Waals surface area (Å²) in [5, 5.41) is 3.51. The summed E-state index contributed by atoms with van der Waals surface area (Å²) in [6.45, 7) is 8.07. The van der Waals surface area contributed by atoms with Gasteiger partial charge >= 0.3 is 0 Å². The van der Waals surface area contributed by atoms with Gasteiger partial charge in [-0.3, -0.25) is 4.90 Å². The fourth-order valence-electron chi connectivity index (χ4n) is 2.79. The van der Waals surface area contributed by atoms with Gasteiger partial charge in [0.05, 0.1) is 25.0 Å². The van der Waals surface area contributed by atoms with E-state index in [4.69, 9.17) is 9.15 Å². The van der Waals surface area contributed by atoms with Crippen molar-refractivity contribution in [2.45, 2.75) is 58.0 Å². The van der Waals surface area contributed by atoms with Gasteiger partial charge in [0.25, 0.3) is 0 Å². The Labute approximate surface area is 115 Å². The Bertz CT molecular complexity index is 404. The van der Waals surface area contributed by atoms with Crippen LogP contribution in [0.25, 0.3) is 0 Å². The molecule has 1 N–H and O–H groups in total. The van der Waals surface area contributed by atoms with E-state index < -0.39 is 0 Å². The van der Waals surface area contributed by atoms with Crippen molar-refractivity contribution < 1.29 is 9.15 Å². The normalized spacial score (nSPS) is 28.7. The monoisotopic (exact) mass is 264 g/mol. The van der Waals surface area contributed by atoms with E-state index in [1.54, 1.807) is 0 Å². The molecule has 1 aromatic heterocycles. The number of ether oxygens (including phenoxy) is 1. The lowest BCUT2D eigenvalue weighted by Crippen LogP contribution is -2.44. The molecule has 1 aliphatic heterocycles. The zero-order valence-corrected chi connectivity index (χ0v) is 11.9. The lowest BCUT2D eigenvalue weighted by Gasteiger charge is -2.34. The van der Waals surface area contributed by atoms with Gasteiger partial charge in [0.1, 0.15) is 5.76 Å². The maximum Gasteiger partial charge on any atom is 0.118 e. The molecule has 1 aliphatic carbocycles. The predicted molar refractivity (Wildman–Crippen MR) is 73.9 cm³/mol. The van der Waals surface area contributed by atoms with Gasteiger partial charge in [0, 0.05) is 31.2 Å². The van der Waals surface area contributed by atoms with E-state index in [0.717, 1.165) is 38.0 Å². The number of hydrogen-bond donors (Lipinski definition) is 1. The molecule has 2 fully saturated rings. The van der Waals surface area contributed by atoms with Crippen LogP contribution in [0.4, 0.5) is 0 Å². The Balaban J connectivity index is 1.51. The molecule has 1 saturated heterocycles. The van der Waals surface area contributed by atoms with E-state index in [2.05, 4.69) is 30.1 Å². The van der Waals surface area contributed by atoms with Gasteiger partial charge in [0.2, 0.25) is 0 Å². The Morgan fingerprint density at radius 2 is 2.00 bits per heavy atom. The summed E-state index contributed by atoms with van der Waals surface area (Å²) >= 11 is 0. The minimum Gasteiger partial charge on any atom is -0.468 e. The number of rotatable bonds is 5. The van der Waals surface area contributed by atoms with Crippen molar-refractivity contribution in [3.63, 3.8) is 0 Å². The molecule has 3 rings (SSSR count). The highest BCUT2D eigenvalue weighted by Crippen LogP contribution is 2.20. The number of furan rings is 1. The highest BCUT2D eigenvalue weighted by molar-refractivity contribution is 5.13. The van der Waals surface area contributed by atoms with Gasteiger partial charge in [-0.2, -0.15) is 0 Å². The molecule has 2 aliphatic rings. The van der Waals surface area contributed by atoms with E-state index in [1.165, 1.54) is 18.4 Å². The minimum atomic E-state index is 0.315. The van der Waals surface area contributed by atoms with Crippen LogP contribution in [0.2, 0.25) is 0 Å². The van der Waals surface area contributed by atoms with Crippen molar-refractivity contribution >= 4 is 0 Å². The topological polar surface area (TPSA) is 37.6 Å². The first-order chi connectivity index (χ1) is 9.19. The molecule has 0 unspecified atom stereocenters. The molecule has 0 aromatic carbocycles. The van der Waals surface area contributed by atoms with Gasteiger partial charge in [-0.05, 0) is 32.8 Å². The van der Waals surface area contributed by atoms with Gasteiger partial charge in [-0.15, -0.1) is 0 Å². The average molecular weight is 264 g/mol. The highest BCUT2D eigenvalue weighted by Gasteiger charge is 2.23. The number of nitrogens with one attached hydrogen (secondary N) is 1. The molecule has 1 saturated carbocycles. The Morgan fingerprint density at radius 3 is 2.68 bits per heavy atom. The van der Waals surface area contributed by atoms with Crippen molar-refractivity contribution in [3.8, 4) is 0 Å². The van der Waals surface area contributed by atoms with Crippen LogP contribution in [0, 0.1) is 0 Å². The van der Waals surface area contributed by atoms with Crippen LogP contribution in [-0.4, -0.2) is 36.2 Å². The van der Waals surface area contributed by atoms with Crippen molar-refractivity contribution in [1.82, 2.24) is 10.2 Å². The summed E-state index contributed by atoms with van der Waals surface area (Å²) in [5.74, 6) is 1.06. The fraction of sp³-hybridized carbons (Fsp3) is 0.733. The van der Waals surface area contributed by atoms with Crippen LogP contribution >= 0.6 is 0 Å². The molecule has 106 valence electrons. The summed E-state index contributed by atoms with van der Waals surface area (Å²) in [7, 11) is 0. The number of hydrogen-bond acceptors (Lipinski definition) is 4. The third kappa shape index (κ3) is 3.81. The van der Waals surface area contributed by atoms with Crippen molar-refractivity contribution in [1.29, 1.82) is 0 Å². The Hall–Kier alpha value is -0.840. The molecule has 0 radical (unpaired) electrons. The fourth-order valence-corrected chi connectivity index (χ4v) is 2.79. The van der Waals surface area contributed by atoms with Crippen LogP contribution in [0.5, 0.6) is 0 Å². The second kappa shape index (κ2) is 5.65. The maximum atomic E-state index is 5.75. The number of morpholine rings is 1. The average Bonchev–Trinajstić information content (AvgIpc) is 3.06. The van der Waals surface area contributed by atoms with Crippen LogP contribution < -0.4 is 5.32 Å². The summed E-state index contributed by atoms with van der Waals surface area (Å²) in [4.78, 5) is 2.41. The molecular weight excluding hydrogens is 240 g/mol. The lowest BCUT2D eigenvalue weighted by atomic mass is 10.2. The van der Waals surface area contributed by atoms with E-state index >= 15 is 0 Å². The molecule has 0 spiro atoms. The third-order valence-corrected chi connectivity index (χ3v) is 3.75. The predicted octanol–water partition coefficient (Wildman–Crippen LogP) is 2.14. The quantitative estimate of drug-likeness (QED) is 0.884. The van der Waals surface area contributed by atoms with E-state index in [-0.39, 0.29) is 0 Å². The SMILES string of the molecule is C[C@@H]1CN(Cc2cc(CNC3CC3)co2)C[C@H](C)O1. The van der Waals surface area contributed by atoms with E-state index in [9.17, 15) is 0 Å². The van der Waals surface area contributed by atoms with Crippen LogP contribution in [0.15, 0.2) is 16.7 Å². The Kier molecular flexibility index (Phi) is 3.91.